The first-order valence-electron chi connectivity index (χ1n) is 11.9. The molecule has 0 spiro atoms. The van der Waals surface area contributed by atoms with Crippen LogP contribution in [0.2, 0.25) is 0 Å². The van der Waals surface area contributed by atoms with Gasteiger partial charge < -0.3 is 25.4 Å². The molecule has 1 aromatic rings. The normalized spacial score (nSPS) is 13.6. The van der Waals surface area contributed by atoms with Crippen LogP contribution in [0.25, 0.3) is 0 Å². The van der Waals surface area contributed by atoms with E-state index in [4.69, 9.17) is 4.74 Å². The fourth-order valence-corrected chi connectivity index (χ4v) is 3.65. The van der Waals surface area contributed by atoms with Crippen molar-refractivity contribution in [2.75, 3.05) is 0 Å². The molecular formula is C26H43N3O5. The Morgan fingerprint density at radius 3 is 2.06 bits per heavy atom. The minimum absolute atomic E-state index is 0.108. The summed E-state index contributed by atoms with van der Waals surface area (Å²) in [7, 11) is 0. The van der Waals surface area contributed by atoms with Gasteiger partial charge in [0.15, 0.2) is 0 Å². The molecule has 0 bridgehead atoms. The number of carbonyl (C=O) groups excluding carboxylic acids is 3. The summed E-state index contributed by atoms with van der Waals surface area (Å²) >= 11 is 0. The molecule has 2 unspecified atom stereocenters. The number of alkyl carbamates (subject to hydrolysis) is 1. The molecule has 0 aromatic heterocycles. The van der Waals surface area contributed by atoms with Crippen LogP contribution in [0.1, 0.15) is 85.9 Å². The second-order valence-electron chi connectivity index (χ2n) is 10.8. The second kappa shape index (κ2) is 12.1. The molecule has 34 heavy (non-hydrogen) atoms. The highest BCUT2D eigenvalue weighted by atomic mass is 16.6. The van der Waals surface area contributed by atoms with Gasteiger partial charge in [-0.2, -0.15) is 0 Å². The topological polar surface area (TPSA) is 108 Å². The van der Waals surface area contributed by atoms with Gasteiger partial charge in [-0.25, -0.2) is 4.79 Å². The summed E-state index contributed by atoms with van der Waals surface area (Å²) in [5.74, 6) is -0.484. The van der Waals surface area contributed by atoms with Crippen LogP contribution in [0.3, 0.4) is 0 Å². The molecule has 3 amide bonds. The van der Waals surface area contributed by atoms with E-state index in [1.54, 1.807) is 39.8 Å². The van der Waals surface area contributed by atoms with Crippen molar-refractivity contribution in [1.29, 1.82) is 0 Å². The lowest BCUT2D eigenvalue weighted by Gasteiger charge is -2.38. The lowest BCUT2D eigenvalue weighted by molar-refractivity contribution is -0.145. The molecule has 8 heteroatoms. The number of phenolic OH excluding ortho intramolecular Hbond substituents is 1. The molecule has 2 atom stereocenters. The van der Waals surface area contributed by atoms with Crippen molar-refractivity contribution in [3.8, 4) is 5.75 Å². The number of carbonyl (C=O) groups is 3. The molecule has 0 aliphatic rings. The van der Waals surface area contributed by atoms with E-state index in [1.165, 1.54) is 11.0 Å². The quantitative estimate of drug-likeness (QED) is 0.487. The first-order chi connectivity index (χ1) is 15.5. The molecule has 0 aliphatic carbocycles. The number of hydrogen-bond donors (Lipinski definition) is 3. The van der Waals surface area contributed by atoms with Crippen molar-refractivity contribution in [1.82, 2.24) is 15.5 Å². The predicted octanol–water partition coefficient (Wildman–Crippen LogP) is 4.44. The SMILES string of the molecule is Cc1cc(C(C(=O)NC(C)C)N(C(=O)C(CC(C)C)NC(=O)OC(C)(C)C)C(C)C)ccc1O. The van der Waals surface area contributed by atoms with Crippen molar-refractivity contribution in [2.45, 2.75) is 105 Å². The number of nitrogens with zero attached hydrogens (tertiary/aromatic N) is 1. The molecule has 1 aromatic carbocycles. The third-order valence-corrected chi connectivity index (χ3v) is 5.00. The number of rotatable bonds is 9. The number of aromatic hydroxyl groups is 1. The Kier molecular flexibility index (Phi) is 10.4. The van der Waals surface area contributed by atoms with Gasteiger partial charge in [-0.1, -0.05) is 19.9 Å². The number of nitrogens with one attached hydrogen (secondary N) is 2. The van der Waals surface area contributed by atoms with Crippen molar-refractivity contribution >= 4 is 17.9 Å². The number of amides is 3. The third-order valence-electron chi connectivity index (χ3n) is 5.00. The number of phenols is 1. The van der Waals surface area contributed by atoms with E-state index in [2.05, 4.69) is 10.6 Å². The zero-order valence-electron chi connectivity index (χ0n) is 22.4. The van der Waals surface area contributed by atoms with Crippen LogP contribution in [0.4, 0.5) is 4.79 Å². The number of hydrogen-bond acceptors (Lipinski definition) is 5. The fourth-order valence-electron chi connectivity index (χ4n) is 3.65. The molecule has 0 saturated carbocycles. The summed E-state index contributed by atoms with van der Waals surface area (Å²) < 4.78 is 5.39. The number of benzene rings is 1. The predicted molar refractivity (Wildman–Crippen MR) is 133 cm³/mol. The molecule has 0 fully saturated rings. The van der Waals surface area contributed by atoms with E-state index in [-0.39, 0.29) is 35.6 Å². The highest BCUT2D eigenvalue weighted by Crippen LogP contribution is 2.29. The van der Waals surface area contributed by atoms with Crippen LogP contribution in [0.5, 0.6) is 5.75 Å². The first kappa shape index (κ1) is 29.3. The van der Waals surface area contributed by atoms with Crippen molar-refractivity contribution in [2.24, 2.45) is 5.92 Å². The van der Waals surface area contributed by atoms with E-state index < -0.39 is 23.8 Å². The van der Waals surface area contributed by atoms with Gasteiger partial charge in [0.05, 0.1) is 0 Å². The van der Waals surface area contributed by atoms with Gasteiger partial charge in [0.2, 0.25) is 11.8 Å². The molecule has 3 N–H and O–H groups in total. The van der Waals surface area contributed by atoms with Crippen molar-refractivity contribution in [3.05, 3.63) is 29.3 Å². The Balaban J connectivity index is 3.49. The van der Waals surface area contributed by atoms with Gasteiger partial charge in [0.25, 0.3) is 0 Å². The Morgan fingerprint density at radius 1 is 1.03 bits per heavy atom. The maximum atomic E-state index is 13.9. The smallest absolute Gasteiger partial charge is 0.408 e. The monoisotopic (exact) mass is 477 g/mol. The second-order valence-corrected chi connectivity index (χ2v) is 10.8. The number of aryl methyl sites for hydroxylation is 1. The van der Waals surface area contributed by atoms with E-state index in [1.807, 2.05) is 41.5 Å². The largest absolute Gasteiger partial charge is 0.508 e. The Morgan fingerprint density at radius 2 is 1.62 bits per heavy atom. The summed E-state index contributed by atoms with van der Waals surface area (Å²) in [6.07, 6.45) is -0.298. The Hall–Kier alpha value is -2.77. The Labute approximate surface area is 204 Å². The number of ether oxygens (including phenoxy) is 1. The fraction of sp³-hybridized carbons (Fsp3) is 0.654. The van der Waals surface area contributed by atoms with Crippen LogP contribution < -0.4 is 10.6 Å². The zero-order chi connectivity index (χ0) is 26.4. The summed E-state index contributed by atoms with van der Waals surface area (Å²) in [4.78, 5) is 41.3. The summed E-state index contributed by atoms with van der Waals surface area (Å²) in [6.45, 7) is 18.3. The van der Waals surface area contributed by atoms with Crippen LogP contribution in [-0.4, -0.2) is 51.6 Å². The van der Waals surface area contributed by atoms with Gasteiger partial charge in [-0.05, 0) is 91.0 Å². The lowest BCUT2D eigenvalue weighted by atomic mass is 9.96. The molecular weight excluding hydrogens is 434 g/mol. The molecule has 0 saturated heterocycles. The van der Waals surface area contributed by atoms with Crippen molar-refractivity contribution in [3.63, 3.8) is 0 Å². The van der Waals surface area contributed by atoms with Gasteiger partial charge in [0, 0.05) is 12.1 Å². The van der Waals surface area contributed by atoms with Crippen LogP contribution in [-0.2, 0) is 14.3 Å². The van der Waals surface area contributed by atoms with Gasteiger partial charge in [-0.15, -0.1) is 0 Å². The standard InChI is InChI=1S/C26H43N3O5/c1-15(2)13-20(28-25(33)34-26(8,9)10)24(32)29(17(5)6)22(23(31)27-16(3)4)19-11-12-21(30)18(7)14-19/h11-12,14-17,20,22,30H,13H2,1-10H3,(H,27,31)(H,28,33). The lowest BCUT2D eigenvalue weighted by Crippen LogP contribution is -2.55. The van der Waals surface area contributed by atoms with Crippen LogP contribution in [0.15, 0.2) is 18.2 Å². The van der Waals surface area contributed by atoms with Crippen LogP contribution in [0, 0.1) is 12.8 Å². The van der Waals surface area contributed by atoms with Gasteiger partial charge in [-0.3, -0.25) is 9.59 Å². The van der Waals surface area contributed by atoms with E-state index in [0.717, 1.165) is 0 Å². The zero-order valence-corrected chi connectivity index (χ0v) is 22.4. The molecule has 1 rings (SSSR count). The van der Waals surface area contributed by atoms with E-state index in [0.29, 0.717) is 17.5 Å². The first-order valence-corrected chi connectivity index (χ1v) is 11.9. The average molecular weight is 478 g/mol. The minimum atomic E-state index is -0.940. The highest BCUT2D eigenvalue weighted by molar-refractivity contribution is 5.92. The van der Waals surface area contributed by atoms with Crippen molar-refractivity contribution < 1.29 is 24.2 Å². The summed E-state index contributed by atoms with van der Waals surface area (Å²) in [5.41, 5.74) is 0.467. The summed E-state index contributed by atoms with van der Waals surface area (Å²) in [6, 6.07) is 2.58. The maximum Gasteiger partial charge on any atom is 0.408 e. The minimum Gasteiger partial charge on any atom is -0.508 e. The van der Waals surface area contributed by atoms with E-state index in [9.17, 15) is 19.5 Å². The van der Waals surface area contributed by atoms with Gasteiger partial charge in [0.1, 0.15) is 23.4 Å². The van der Waals surface area contributed by atoms with Gasteiger partial charge >= 0.3 is 6.09 Å². The molecule has 0 aliphatic heterocycles. The average Bonchev–Trinajstić information content (AvgIpc) is 2.64. The van der Waals surface area contributed by atoms with E-state index >= 15 is 0 Å². The molecule has 8 nitrogen and oxygen atoms in total. The molecule has 0 heterocycles. The third kappa shape index (κ3) is 8.88. The highest BCUT2D eigenvalue weighted by Gasteiger charge is 2.38. The summed E-state index contributed by atoms with van der Waals surface area (Å²) in [5, 5.41) is 15.6. The van der Waals surface area contributed by atoms with Crippen LogP contribution >= 0.6 is 0 Å². The molecule has 192 valence electrons. The maximum absolute atomic E-state index is 13.9. The Bertz CT molecular complexity index is 858. The molecule has 0 radical (unpaired) electrons.